The lowest BCUT2D eigenvalue weighted by atomic mass is 10.1. The Morgan fingerprint density at radius 1 is 1.39 bits per heavy atom. The van der Waals surface area contributed by atoms with Crippen LogP contribution in [0.25, 0.3) is 0 Å². The number of halogens is 1. The monoisotopic (exact) mass is 253 g/mol. The minimum absolute atomic E-state index is 0.0645. The third-order valence-corrected chi connectivity index (χ3v) is 3.01. The second-order valence-corrected chi connectivity index (χ2v) is 4.30. The van der Waals surface area contributed by atoms with Crippen molar-refractivity contribution >= 4 is 5.78 Å². The van der Waals surface area contributed by atoms with E-state index in [1.54, 1.807) is 19.1 Å². The lowest BCUT2D eigenvalue weighted by molar-refractivity contribution is 0.0958. The molecule has 0 amide bonds. The zero-order chi connectivity index (χ0) is 13.5. The molecule has 3 nitrogen and oxygen atoms in total. The molecule has 18 heavy (non-hydrogen) atoms. The van der Waals surface area contributed by atoms with E-state index in [0.29, 0.717) is 30.6 Å². The van der Waals surface area contributed by atoms with E-state index in [-0.39, 0.29) is 18.2 Å². The number of likely N-dealkylation sites (N-methyl/N-ethyl adjacent to an activating group) is 1. The number of aliphatic hydroxyl groups is 1. The van der Waals surface area contributed by atoms with Gasteiger partial charge < -0.3 is 10.0 Å². The summed E-state index contributed by atoms with van der Waals surface area (Å²) in [5.74, 6) is -0.408. The first kappa shape index (κ1) is 14.8. The van der Waals surface area contributed by atoms with Gasteiger partial charge in [0.25, 0.3) is 0 Å². The van der Waals surface area contributed by atoms with Gasteiger partial charge in [0.2, 0.25) is 0 Å². The van der Waals surface area contributed by atoms with Crippen LogP contribution < -0.4 is 0 Å². The molecule has 0 aliphatic heterocycles. The van der Waals surface area contributed by atoms with Gasteiger partial charge in [-0.25, -0.2) is 4.39 Å². The summed E-state index contributed by atoms with van der Waals surface area (Å²) in [6.45, 7) is 5.67. The van der Waals surface area contributed by atoms with Gasteiger partial charge in [0.1, 0.15) is 5.82 Å². The van der Waals surface area contributed by atoms with Crippen LogP contribution in [-0.4, -0.2) is 42.0 Å². The molecule has 0 aliphatic rings. The number of ketones is 1. The maximum Gasteiger partial charge on any atom is 0.164 e. The lowest BCUT2D eigenvalue weighted by Crippen LogP contribution is -2.29. The Bertz CT molecular complexity index is 407. The van der Waals surface area contributed by atoms with Crippen molar-refractivity contribution in [1.82, 2.24) is 4.90 Å². The molecular formula is C14H20FNO2. The maximum absolute atomic E-state index is 13.3. The Kier molecular flexibility index (Phi) is 5.95. The second kappa shape index (κ2) is 7.24. The van der Waals surface area contributed by atoms with Crippen molar-refractivity contribution in [2.75, 3.05) is 26.2 Å². The summed E-state index contributed by atoms with van der Waals surface area (Å²) in [7, 11) is 0. The number of Topliss-reactive ketones (excluding diaryl/α,β-unsaturated/α-hetero) is 1. The van der Waals surface area contributed by atoms with E-state index in [1.807, 2.05) is 11.8 Å². The molecule has 0 spiro atoms. The molecule has 0 aliphatic carbocycles. The Balaban J connectivity index is 2.57. The first-order chi connectivity index (χ1) is 8.58. The molecule has 4 heteroatoms. The van der Waals surface area contributed by atoms with Crippen molar-refractivity contribution in [3.05, 3.63) is 35.1 Å². The van der Waals surface area contributed by atoms with Gasteiger partial charge in [-0.2, -0.15) is 0 Å². The van der Waals surface area contributed by atoms with Crippen LogP contribution in [0.3, 0.4) is 0 Å². The molecule has 100 valence electrons. The predicted octanol–water partition coefficient (Wildman–Crippen LogP) is 2.02. The SMILES string of the molecule is CCN(CCO)CCC(=O)c1ccc(C)c(F)c1. The minimum Gasteiger partial charge on any atom is -0.395 e. The van der Waals surface area contributed by atoms with Crippen molar-refractivity contribution in [3.63, 3.8) is 0 Å². The molecule has 1 aromatic rings. The summed E-state index contributed by atoms with van der Waals surface area (Å²) < 4.78 is 13.3. The number of benzene rings is 1. The molecule has 0 aromatic heterocycles. The average Bonchev–Trinajstić information content (AvgIpc) is 2.37. The third-order valence-electron chi connectivity index (χ3n) is 3.01. The molecule has 0 heterocycles. The van der Waals surface area contributed by atoms with Crippen molar-refractivity contribution < 1.29 is 14.3 Å². The van der Waals surface area contributed by atoms with Gasteiger partial charge >= 0.3 is 0 Å². The van der Waals surface area contributed by atoms with Crippen molar-refractivity contribution in [1.29, 1.82) is 0 Å². The largest absolute Gasteiger partial charge is 0.395 e. The number of aliphatic hydroxyl groups excluding tert-OH is 1. The standard InChI is InChI=1S/C14H20FNO2/c1-3-16(8-9-17)7-6-14(18)12-5-4-11(2)13(15)10-12/h4-5,10,17H,3,6-9H2,1-2H3. The number of aryl methyl sites for hydroxylation is 1. The summed E-state index contributed by atoms with van der Waals surface area (Å²) in [6.07, 6.45) is 0.344. The number of rotatable bonds is 7. The van der Waals surface area contributed by atoms with Gasteiger partial charge in [-0.05, 0) is 25.1 Å². The normalized spacial score (nSPS) is 10.9. The molecular weight excluding hydrogens is 233 g/mol. The fraction of sp³-hybridized carbons (Fsp3) is 0.500. The zero-order valence-corrected chi connectivity index (χ0v) is 10.9. The van der Waals surface area contributed by atoms with E-state index in [2.05, 4.69) is 0 Å². The summed E-state index contributed by atoms with van der Waals surface area (Å²) in [6, 6.07) is 4.57. The lowest BCUT2D eigenvalue weighted by Gasteiger charge is -2.18. The Morgan fingerprint density at radius 3 is 2.67 bits per heavy atom. The van der Waals surface area contributed by atoms with E-state index in [9.17, 15) is 9.18 Å². The van der Waals surface area contributed by atoms with Gasteiger partial charge in [-0.1, -0.05) is 19.1 Å². The van der Waals surface area contributed by atoms with E-state index >= 15 is 0 Å². The maximum atomic E-state index is 13.3. The third kappa shape index (κ3) is 4.20. The number of hydrogen-bond donors (Lipinski definition) is 1. The van der Waals surface area contributed by atoms with Crippen molar-refractivity contribution in [3.8, 4) is 0 Å². The molecule has 0 unspecified atom stereocenters. The Morgan fingerprint density at radius 2 is 2.11 bits per heavy atom. The van der Waals surface area contributed by atoms with Gasteiger partial charge in [0.15, 0.2) is 5.78 Å². The number of carbonyl (C=O) groups excluding carboxylic acids is 1. The number of carbonyl (C=O) groups is 1. The first-order valence-electron chi connectivity index (χ1n) is 6.21. The van der Waals surface area contributed by atoms with E-state index in [0.717, 1.165) is 6.54 Å². The predicted molar refractivity (Wildman–Crippen MR) is 69.3 cm³/mol. The van der Waals surface area contributed by atoms with E-state index in [1.165, 1.54) is 6.07 Å². The summed E-state index contributed by atoms with van der Waals surface area (Å²) in [5, 5.41) is 8.84. The number of nitrogens with zero attached hydrogens (tertiary/aromatic N) is 1. The molecule has 0 radical (unpaired) electrons. The van der Waals surface area contributed by atoms with Crippen LogP contribution in [0.4, 0.5) is 4.39 Å². The Hall–Kier alpha value is -1.26. The van der Waals surface area contributed by atoms with Crippen LogP contribution in [0.5, 0.6) is 0 Å². The molecule has 1 rings (SSSR count). The molecule has 0 saturated heterocycles. The summed E-state index contributed by atoms with van der Waals surface area (Å²) >= 11 is 0. The van der Waals surface area contributed by atoms with E-state index < -0.39 is 0 Å². The van der Waals surface area contributed by atoms with Crippen LogP contribution in [0.1, 0.15) is 29.3 Å². The molecule has 1 N–H and O–H groups in total. The second-order valence-electron chi connectivity index (χ2n) is 4.30. The smallest absolute Gasteiger partial charge is 0.164 e. The summed E-state index contributed by atoms with van der Waals surface area (Å²) in [5.41, 5.74) is 0.958. The van der Waals surface area contributed by atoms with Crippen molar-refractivity contribution in [2.24, 2.45) is 0 Å². The molecule has 1 aromatic carbocycles. The highest BCUT2D eigenvalue weighted by molar-refractivity contribution is 5.96. The fourth-order valence-corrected chi connectivity index (χ4v) is 1.74. The highest BCUT2D eigenvalue weighted by Crippen LogP contribution is 2.11. The summed E-state index contributed by atoms with van der Waals surface area (Å²) in [4.78, 5) is 13.9. The highest BCUT2D eigenvalue weighted by Gasteiger charge is 2.10. The Labute approximate surface area is 107 Å². The molecule has 0 saturated carbocycles. The zero-order valence-electron chi connectivity index (χ0n) is 10.9. The quantitative estimate of drug-likeness (QED) is 0.756. The van der Waals surface area contributed by atoms with Gasteiger partial charge in [-0.3, -0.25) is 4.79 Å². The highest BCUT2D eigenvalue weighted by atomic mass is 19.1. The van der Waals surface area contributed by atoms with Crippen LogP contribution in [0, 0.1) is 12.7 Å². The average molecular weight is 253 g/mol. The van der Waals surface area contributed by atoms with Gasteiger partial charge in [0.05, 0.1) is 6.61 Å². The molecule has 0 bridgehead atoms. The minimum atomic E-state index is -0.344. The fourth-order valence-electron chi connectivity index (χ4n) is 1.74. The van der Waals surface area contributed by atoms with Crippen LogP contribution in [-0.2, 0) is 0 Å². The van der Waals surface area contributed by atoms with Gasteiger partial charge in [-0.15, -0.1) is 0 Å². The van der Waals surface area contributed by atoms with Crippen LogP contribution >= 0.6 is 0 Å². The van der Waals surface area contributed by atoms with Gasteiger partial charge in [0, 0.05) is 25.1 Å². The first-order valence-corrected chi connectivity index (χ1v) is 6.21. The van der Waals surface area contributed by atoms with E-state index in [4.69, 9.17) is 5.11 Å². The topological polar surface area (TPSA) is 40.5 Å². The molecule has 0 fully saturated rings. The van der Waals surface area contributed by atoms with Crippen LogP contribution in [0.15, 0.2) is 18.2 Å². The molecule has 0 atom stereocenters. The van der Waals surface area contributed by atoms with Crippen LogP contribution in [0.2, 0.25) is 0 Å². The van der Waals surface area contributed by atoms with Crippen molar-refractivity contribution in [2.45, 2.75) is 20.3 Å². The number of hydrogen-bond acceptors (Lipinski definition) is 3.